The molecular formula is C59H40N2. The predicted octanol–water partition coefficient (Wildman–Crippen LogP) is 16.3. The zero-order chi connectivity index (χ0) is 40.4. The van der Waals surface area contributed by atoms with E-state index >= 15 is 0 Å². The van der Waals surface area contributed by atoms with Crippen molar-refractivity contribution in [2.24, 2.45) is 0 Å². The molecule has 12 aromatic rings. The quantitative estimate of drug-likeness (QED) is 0.173. The van der Waals surface area contributed by atoms with Crippen molar-refractivity contribution >= 4 is 92.7 Å². The van der Waals surface area contributed by atoms with E-state index in [9.17, 15) is 0 Å². The highest BCUT2D eigenvalue weighted by Gasteiger charge is 2.37. The summed E-state index contributed by atoms with van der Waals surface area (Å²) in [7, 11) is 0. The Bertz CT molecular complexity index is 3730. The third-order valence-corrected chi connectivity index (χ3v) is 13.6. The second kappa shape index (κ2) is 12.7. The Morgan fingerprint density at radius 3 is 1.66 bits per heavy atom. The van der Waals surface area contributed by atoms with E-state index in [0.29, 0.717) is 0 Å². The third kappa shape index (κ3) is 5.03. The second-order valence-corrected chi connectivity index (χ2v) is 17.4. The maximum Gasteiger partial charge on any atom is 0.0547 e. The molecule has 61 heavy (non-hydrogen) atoms. The molecule has 2 nitrogen and oxygen atoms in total. The maximum absolute atomic E-state index is 2.47. The second-order valence-electron chi connectivity index (χ2n) is 17.4. The molecule has 1 aromatic heterocycles. The van der Waals surface area contributed by atoms with Crippen LogP contribution in [-0.4, -0.2) is 4.57 Å². The molecule has 0 aliphatic heterocycles. The van der Waals surface area contributed by atoms with E-state index < -0.39 is 0 Å². The van der Waals surface area contributed by atoms with Crippen molar-refractivity contribution in [3.8, 4) is 16.8 Å². The van der Waals surface area contributed by atoms with Crippen molar-refractivity contribution in [2.75, 3.05) is 4.90 Å². The molecule has 1 aliphatic carbocycles. The Morgan fingerprint density at radius 2 is 0.918 bits per heavy atom. The van der Waals surface area contributed by atoms with Crippen LogP contribution in [0.25, 0.3) is 92.5 Å². The van der Waals surface area contributed by atoms with Crippen LogP contribution in [0.15, 0.2) is 206 Å². The monoisotopic (exact) mass is 776 g/mol. The van der Waals surface area contributed by atoms with Crippen molar-refractivity contribution in [1.82, 2.24) is 4.57 Å². The van der Waals surface area contributed by atoms with Gasteiger partial charge in [0.2, 0.25) is 0 Å². The summed E-state index contributed by atoms with van der Waals surface area (Å²) in [6, 6.07) is 76.7. The minimum absolute atomic E-state index is 0.196. The van der Waals surface area contributed by atoms with Gasteiger partial charge in [0.25, 0.3) is 0 Å². The van der Waals surface area contributed by atoms with Gasteiger partial charge in [-0.25, -0.2) is 0 Å². The third-order valence-electron chi connectivity index (χ3n) is 13.6. The summed E-state index contributed by atoms with van der Waals surface area (Å²) in [5, 5.41) is 15.2. The summed E-state index contributed by atoms with van der Waals surface area (Å²) in [5.41, 5.74) is 12.3. The summed E-state index contributed by atoms with van der Waals surface area (Å²) >= 11 is 0. The van der Waals surface area contributed by atoms with Gasteiger partial charge < -0.3 is 9.47 Å². The predicted molar refractivity (Wildman–Crippen MR) is 261 cm³/mol. The maximum atomic E-state index is 2.47. The average molecular weight is 777 g/mol. The van der Waals surface area contributed by atoms with Gasteiger partial charge in [-0.05, 0) is 149 Å². The van der Waals surface area contributed by atoms with Crippen molar-refractivity contribution in [3.05, 3.63) is 217 Å². The molecule has 286 valence electrons. The molecule has 0 N–H and O–H groups in total. The zero-order valence-corrected chi connectivity index (χ0v) is 34.0. The summed E-state index contributed by atoms with van der Waals surface area (Å²) < 4.78 is 2.45. The van der Waals surface area contributed by atoms with Gasteiger partial charge in [-0.3, -0.25) is 0 Å². The number of para-hydroxylation sites is 1. The van der Waals surface area contributed by atoms with Crippen LogP contribution in [0.3, 0.4) is 0 Å². The molecule has 0 spiro atoms. The van der Waals surface area contributed by atoms with Gasteiger partial charge in [0, 0.05) is 38.9 Å². The minimum atomic E-state index is -0.196. The van der Waals surface area contributed by atoms with E-state index in [1.807, 2.05) is 0 Å². The molecule has 0 fully saturated rings. The first-order valence-electron chi connectivity index (χ1n) is 21.3. The van der Waals surface area contributed by atoms with Crippen LogP contribution in [-0.2, 0) is 5.41 Å². The number of hydrogen-bond acceptors (Lipinski definition) is 1. The molecule has 1 heterocycles. The number of aromatic nitrogens is 1. The fraction of sp³-hybridized carbons (Fsp3) is 0.0508. The largest absolute Gasteiger partial charge is 0.310 e. The molecule has 13 rings (SSSR count). The first kappa shape index (κ1) is 34.2. The smallest absolute Gasteiger partial charge is 0.0547 e. The van der Waals surface area contributed by atoms with Crippen LogP contribution in [0.5, 0.6) is 0 Å². The number of hydrogen-bond donors (Lipinski definition) is 0. The van der Waals surface area contributed by atoms with E-state index in [4.69, 9.17) is 0 Å². The lowest BCUT2D eigenvalue weighted by molar-refractivity contribution is 0.667. The first-order chi connectivity index (χ1) is 30.0. The Hall–Kier alpha value is -7.68. The van der Waals surface area contributed by atoms with E-state index in [1.165, 1.54) is 104 Å². The number of rotatable bonds is 4. The molecule has 0 unspecified atom stereocenters. The molecule has 0 bridgehead atoms. The molecule has 0 atom stereocenters. The molecule has 0 saturated heterocycles. The normalized spacial score (nSPS) is 13.2. The summed E-state index contributed by atoms with van der Waals surface area (Å²) in [6.07, 6.45) is 0. The molecule has 11 aromatic carbocycles. The Balaban J connectivity index is 0.944. The lowest BCUT2D eigenvalue weighted by Gasteiger charge is -2.27. The topological polar surface area (TPSA) is 8.17 Å². The first-order valence-corrected chi connectivity index (χ1v) is 21.3. The SMILES string of the molecule is CC1(C)c2cc3cc(-n4c5ccccc5c5c6ccccc6ccc54)ccc3cc2-c2ccc3cc(N(c4ccc5ccccc5c4)c4ccc5ccccc5c4)ccc3c21. The van der Waals surface area contributed by atoms with E-state index in [1.54, 1.807) is 0 Å². The minimum Gasteiger partial charge on any atom is -0.310 e. The van der Waals surface area contributed by atoms with E-state index in [2.05, 4.69) is 230 Å². The van der Waals surface area contributed by atoms with Gasteiger partial charge in [0.05, 0.1) is 11.0 Å². The van der Waals surface area contributed by atoms with Crippen molar-refractivity contribution in [3.63, 3.8) is 0 Å². The van der Waals surface area contributed by atoms with Gasteiger partial charge in [0.15, 0.2) is 0 Å². The standard InChI is InChI=1S/C59H40N2/c1-59(2)54-36-44-34-48(61-55-18-10-9-17-52(55)57-49-16-8-7-13-39(49)23-30-56(57)61)26-21-42(44)35-53(54)51-28-22-43-33-47(27-29-50(43)58(51)59)60(45-24-19-37-11-3-5-14-40(37)31-45)46-25-20-38-12-4-6-15-41(38)32-46/h3-36H,1-2H3. The molecule has 1 aliphatic rings. The highest BCUT2D eigenvalue weighted by Crippen LogP contribution is 2.53. The molecule has 0 amide bonds. The van der Waals surface area contributed by atoms with Gasteiger partial charge in [-0.1, -0.05) is 147 Å². The average Bonchev–Trinajstić information content (AvgIpc) is 3.76. The van der Waals surface area contributed by atoms with E-state index in [0.717, 1.165) is 17.1 Å². The summed E-state index contributed by atoms with van der Waals surface area (Å²) in [4.78, 5) is 2.41. The number of benzene rings is 11. The van der Waals surface area contributed by atoms with Crippen LogP contribution < -0.4 is 4.90 Å². The molecular weight excluding hydrogens is 737 g/mol. The Morgan fingerprint density at radius 1 is 0.361 bits per heavy atom. The lowest BCUT2D eigenvalue weighted by atomic mass is 9.79. The Kier molecular flexibility index (Phi) is 7.10. The van der Waals surface area contributed by atoms with Crippen LogP contribution in [0.4, 0.5) is 17.1 Å². The molecule has 0 radical (unpaired) electrons. The lowest BCUT2D eigenvalue weighted by Crippen LogP contribution is -2.15. The van der Waals surface area contributed by atoms with Crippen LogP contribution in [0.1, 0.15) is 25.0 Å². The molecule has 0 saturated carbocycles. The number of fused-ring (bicyclic) bond motifs is 13. The van der Waals surface area contributed by atoms with Crippen LogP contribution in [0.2, 0.25) is 0 Å². The molecule has 2 heteroatoms. The summed E-state index contributed by atoms with van der Waals surface area (Å²) in [5.74, 6) is 0. The number of anilines is 3. The van der Waals surface area contributed by atoms with Gasteiger partial charge in [0.1, 0.15) is 0 Å². The van der Waals surface area contributed by atoms with Crippen LogP contribution >= 0.6 is 0 Å². The highest BCUT2D eigenvalue weighted by molar-refractivity contribution is 6.21. The van der Waals surface area contributed by atoms with Gasteiger partial charge in [-0.15, -0.1) is 0 Å². The summed E-state index contributed by atoms with van der Waals surface area (Å²) in [6.45, 7) is 4.82. The van der Waals surface area contributed by atoms with Crippen molar-refractivity contribution < 1.29 is 0 Å². The Labute approximate surface area is 354 Å². The van der Waals surface area contributed by atoms with Gasteiger partial charge >= 0.3 is 0 Å². The van der Waals surface area contributed by atoms with E-state index in [-0.39, 0.29) is 5.41 Å². The van der Waals surface area contributed by atoms with Crippen molar-refractivity contribution in [1.29, 1.82) is 0 Å². The fourth-order valence-electron chi connectivity index (χ4n) is 10.7. The van der Waals surface area contributed by atoms with Gasteiger partial charge in [-0.2, -0.15) is 0 Å². The van der Waals surface area contributed by atoms with Crippen molar-refractivity contribution in [2.45, 2.75) is 19.3 Å². The highest BCUT2D eigenvalue weighted by atomic mass is 15.1. The number of nitrogens with zero attached hydrogens (tertiary/aromatic N) is 2. The zero-order valence-electron chi connectivity index (χ0n) is 34.0. The van der Waals surface area contributed by atoms with Crippen LogP contribution in [0, 0.1) is 0 Å². The fourth-order valence-corrected chi connectivity index (χ4v) is 10.7.